The van der Waals surface area contributed by atoms with Gasteiger partial charge in [-0.25, -0.2) is 8.42 Å². The van der Waals surface area contributed by atoms with E-state index in [1.165, 1.54) is 30.3 Å². The van der Waals surface area contributed by atoms with Gasteiger partial charge in [0.25, 0.3) is 10.0 Å². The van der Waals surface area contributed by atoms with E-state index in [0.717, 1.165) is 25.9 Å². The second kappa shape index (κ2) is 9.21. The number of anilines is 2. The summed E-state index contributed by atoms with van der Waals surface area (Å²) in [4.78, 5) is 14.7. The van der Waals surface area contributed by atoms with Gasteiger partial charge >= 0.3 is 0 Å². The molecule has 0 radical (unpaired) electrons. The minimum Gasteiger partial charge on any atom is -0.325 e. The van der Waals surface area contributed by atoms with Crippen molar-refractivity contribution in [2.45, 2.75) is 30.6 Å². The van der Waals surface area contributed by atoms with Gasteiger partial charge in [0, 0.05) is 12.7 Å². The van der Waals surface area contributed by atoms with E-state index >= 15 is 0 Å². The van der Waals surface area contributed by atoms with Gasteiger partial charge in [0.15, 0.2) is 0 Å². The molecule has 0 bridgehead atoms. The van der Waals surface area contributed by atoms with Crippen molar-refractivity contribution >= 4 is 27.3 Å². The molecule has 1 aliphatic heterocycles. The summed E-state index contributed by atoms with van der Waals surface area (Å²) in [6.07, 6.45) is 4.67. The zero-order chi connectivity index (χ0) is 20.0. The summed E-state index contributed by atoms with van der Waals surface area (Å²) in [6, 6.07) is 15.3. The number of rotatable bonds is 6. The van der Waals surface area contributed by atoms with E-state index in [9.17, 15) is 13.2 Å². The highest BCUT2D eigenvalue weighted by atomic mass is 32.2. The number of carbonyl (C=O) groups excluding carboxylic acids is 1. The van der Waals surface area contributed by atoms with Crippen LogP contribution in [0.15, 0.2) is 59.5 Å². The molecule has 28 heavy (non-hydrogen) atoms. The van der Waals surface area contributed by atoms with E-state index in [4.69, 9.17) is 0 Å². The molecule has 1 N–H and O–H groups in total. The average molecular weight is 402 g/mol. The van der Waals surface area contributed by atoms with Crippen molar-refractivity contribution < 1.29 is 13.2 Å². The predicted molar refractivity (Wildman–Crippen MR) is 112 cm³/mol. The van der Waals surface area contributed by atoms with Crippen LogP contribution < -0.4 is 9.62 Å². The molecule has 1 aliphatic rings. The number of nitrogens with one attached hydrogen (secondary N) is 1. The van der Waals surface area contributed by atoms with Gasteiger partial charge < -0.3 is 5.32 Å². The number of sulfonamides is 1. The number of amides is 1. The summed E-state index contributed by atoms with van der Waals surface area (Å²) in [6.45, 7) is 2.20. The van der Waals surface area contributed by atoms with E-state index in [1.807, 2.05) is 6.07 Å². The summed E-state index contributed by atoms with van der Waals surface area (Å²) in [7, 11) is -2.19. The van der Waals surface area contributed by atoms with Gasteiger partial charge in [0.05, 0.1) is 17.1 Å². The van der Waals surface area contributed by atoms with E-state index < -0.39 is 10.0 Å². The van der Waals surface area contributed by atoms with Crippen LogP contribution in [-0.2, 0) is 14.8 Å². The maximum absolute atomic E-state index is 12.9. The van der Waals surface area contributed by atoms with Gasteiger partial charge in [-0.3, -0.25) is 14.0 Å². The third-order valence-corrected chi connectivity index (χ3v) is 6.74. The van der Waals surface area contributed by atoms with Crippen molar-refractivity contribution in [3.63, 3.8) is 0 Å². The Morgan fingerprint density at radius 2 is 1.68 bits per heavy atom. The van der Waals surface area contributed by atoms with Crippen LogP contribution in [0.1, 0.15) is 25.7 Å². The molecule has 1 fully saturated rings. The highest BCUT2D eigenvalue weighted by Gasteiger charge is 2.22. The molecule has 0 saturated carbocycles. The number of hydrogen-bond acceptors (Lipinski definition) is 4. The molecule has 0 aromatic heterocycles. The van der Waals surface area contributed by atoms with Crippen molar-refractivity contribution in [1.29, 1.82) is 0 Å². The quantitative estimate of drug-likeness (QED) is 0.806. The zero-order valence-corrected chi connectivity index (χ0v) is 17.0. The van der Waals surface area contributed by atoms with Gasteiger partial charge in [-0.1, -0.05) is 37.1 Å². The van der Waals surface area contributed by atoms with E-state index in [-0.39, 0.29) is 10.8 Å². The Balaban J connectivity index is 1.70. The van der Waals surface area contributed by atoms with Crippen LogP contribution in [0.4, 0.5) is 11.4 Å². The summed E-state index contributed by atoms with van der Waals surface area (Å²) >= 11 is 0. The average Bonchev–Trinajstić information content (AvgIpc) is 2.96. The Morgan fingerprint density at radius 3 is 2.36 bits per heavy atom. The third kappa shape index (κ3) is 5.11. The van der Waals surface area contributed by atoms with E-state index in [1.54, 1.807) is 42.5 Å². The maximum atomic E-state index is 12.9. The summed E-state index contributed by atoms with van der Waals surface area (Å²) in [5.41, 5.74) is 1.07. The monoisotopic (exact) mass is 401 g/mol. The fourth-order valence-electron chi connectivity index (χ4n) is 3.37. The molecule has 1 heterocycles. The van der Waals surface area contributed by atoms with Crippen LogP contribution in [0.5, 0.6) is 0 Å². The lowest BCUT2D eigenvalue weighted by atomic mass is 10.2. The number of nitrogens with zero attached hydrogens (tertiary/aromatic N) is 2. The summed E-state index contributed by atoms with van der Waals surface area (Å²) in [5, 5.41) is 2.84. The SMILES string of the molecule is CN(c1ccccc1)S(=O)(=O)c1cccc(NC(=O)CN2CCCCCC2)c1. The maximum Gasteiger partial charge on any atom is 0.264 e. The Bertz CT molecular complexity index is 892. The van der Waals surface area contributed by atoms with E-state index in [2.05, 4.69) is 10.2 Å². The van der Waals surface area contributed by atoms with Gasteiger partial charge in [-0.05, 0) is 56.3 Å². The molecule has 2 aromatic carbocycles. The molecule has 1 amide bonds. The molecule has 0 unspecified atom stereocenters. The molecule has 3 rings (SSSR count). The molecule has 150 valence electrons. The van der Waals surface area contributed by atoms with Crippen LogP contribution in [0.3, 0.4) is 0 Å². The number of carbonyl (C=O) groups is 1. The number of hydrogen-bond donors (Lipinski definition) is 1. The van der Waals surface area contributed by atoms with Crippen LogP contribution in [-0.4, -0.2) is 45.9 Å². The van der Waals surface area contributed by atoms with Crippen molar-refractivity contribution in [3.8, 4) is 0 Å². The molecular formula is C21H27N3O3S. The summed E-state index contributed by atoms with van der Waals surface area (Å²) < 4.78 is 27.1. The Morgan fingerprint density at radius 1 is 1.00 bits per heavy atom. The second-order valence-corrected chi connectivity index (χ2v) is 9.04. The molecule has 0 aliphatic carbocycles. The Labute approximate surface area is 167 Å². The van der Waals surface area contributed by atoms with Crippen molar-refractivity contribution in [2.75, 3.05) is 36.3 Å². The van der Waals surface area contributed by atoms with Crippen LogP contribution >= 0.6 is 0 Å². The Kier molecular flexibility index (Phi) is 6.70. The number of para-hydroxylation sites is 1. The van der Waals surface area contributed by atoms with Crippen LogP contribution in [0.25, 0.3) is 0 Å². The lowest BCUT2D eigenvalue weighted by molar-refractivity contribution is -0.117. The minimum absolute atomic E-state index is 0.118. The largest absolute Gasteiger partial charge is 0.325 e. The topological polar surface area (TPSA) is 69.7 Å². The molecule has 0 atom stereocenters. The smallest absolute Gasteiger partial charge is 0.264 e. The van der Waals surface area contributed by atoms with E-state index in [0.29, 0.717) is 17.9 Å². The van der Waals surface area contributed by atoms with Crippen molar-refractivity contribution in [1.82, 2.24) is 4.90 Å². The first-order valence-corrected chi connectivity index (χ1v) is 11.1. The molecule has 1 saturated heterocycles. The van der Waals surface area contributed by atoms with Gasteiger partial charge in [-0.15, -0.1) is 0 Å². The van der Waals surface area contributed by atoms with Gasteiger partial charge in [0.2, 0.25) is 5.91 Å². The van der Waals surface area contributed by atoms with Gasteiger partial charge in [0.1, 0.15) is 0 Å². The predicted octanol–water partition coefficient (Wildman–Crippen LogP) is 3.33. The first-order valence-electron chi connectivity index (χ1n) is 9.63. The zero-order valence-electron chi connectivity index (χ0n) is 16.2. The Hall–Kier alpha value is -2.38. The summed E-state index contributed by atoms with van der Waals surface area (Å²) in [5.74, 6) is -0.118. The molecular weight excluding hydrogens is 374 g/mol. The molecule has 7 heteroatoms. The first kappa shape index (κ1) is 20.4. The minimum atomic E-state index is -3.71. The molecule has 6 nitrogen and oxygen atoms in total. The fraction of sp³-hybridized carbons (Fsp3) is 0.381. The van der Waals surface area contributed by atoms with Crippen LogP contribution in [0, 0.1) is 0 Å². The highest BCUT2D eigenvalue weighted by Crippen LogP contribution is 2.23. The lowest BCUT2D eigenvalue weighted by Crippen LogP contribution is -2.34. The third-order valence-electron chi connectivity index (χ3n) is 4.96. The lowest BCUT2D eigenvalue weighted by Gasteiger charge is -2.20. The standard InChI is InChI=1S/C21H27N3O3S/c1-23(19-11-5-4-6-12-19)28(26,27)20-13-9-10-18(16-20)22-21(25)17-24-14-7-2-3-8-15-24/h4-6,9-13,16H,2-3,7-8,14-15,17H2,1H3,(H,22,25). The molecule has 2 aromatic rings. The number of benzene rings is 2. The van der Waals surface area contributed by atoms with Gasteiger partial charge in [-0.2, -0.15) is 0 Å². The second-order valence-electron chi connectivity index (χ2n) is 7.07. The number of likely N-dealkylation sites (tertiary alicyclic amines) is 1. The molecule has 0 spiro atoms. The normalized spacial score (nSPS) is 15.6. The fourth-order valence-corrected chi connectivity index (χ4v) is 4.61. The van der Waals surface area contributed by atoms with Crippen molar-refractivity contribution in [2.24, 2.45) is 0 Å². The van der Waals surface area contributed by atoms with Crippen molar-refractivity contribution in [3.05, 3.63) is 54.6 Å². The first-order chi connectivity index (χ1) is 13.5. The highest BCUT2D eigenvalue weighted by molar-refractivity contribution is 7.92. The van der Waals surface area contributed by atoms with Crippen LogP contribution in [0.2, 0.25) is 0 Å².